The third kappa shape index (κ3) is 70.9. The fraction of sp³-hybridized carbons (Fsp3) is 0.500. The van der Waals surface area contributed by atoms with Gasteiger partial charge in [0, 0.05) is 0 Å². The number of rotatable bonds is 2. The van der Waals surface area contributed by atoms with Crippen molar-refractivity contribution in [3.05, 3.63) is 0 Å². The molecule has 0 aromatic rings. The predicted octanol–water partition coefficient (Wildman–Crippen LogP) is 0.0111. The van der Waals surface area contributed by atoms with Gasteiger partial charge in [-0.3, -0.25) is 5.40 Å². The van der Waals surface area contributed by atoms with Crippen LogP contribution in [-0.4, -0.2) is 25.1 Å². The first-order valence-electron chi connectivity index (χ1n) is 1.83. The number of aliphatic hydroxyl groups excluding tert-OH is 1. The van der Waals surface area contributed by atoms with Crippen molar-refractivity contribution in [3.8, 4) is 0 Å². The van der Waals surface area contributed by atoms with Gasteiger partial charge >= 0.3 is 0 Å². The second kappa shape index (κ2) is 36.0. The van der Waals surface area contributed by atoms with Crippen molar-refractivity contribution in [3.63, 3.8) is 0 Å². The molecule has 0 aromatic heterocycles. The molecule has 0 aliphatic carbocycles. The van der Waals surface area contributed by atoms with Gasteiger partial charge in [0.1, 0.15) is 6.79 Å². The second-order valence-corrected chi connectivity index (χ2v) is 0.401. The lowest BCUT2D eigenvalue weighted by Crippen LogP contribution is -1.84. The summed E-state index contributed by atoms with van der Waals surface area (Å²) in [7, 11) is 0. The quantitative estimate of drug-likeness (QED) is 0.308. The summed E-state index contributed by atoms with van der Waals surface area (Å²) in [6.45, 7) is 1.59. The molecular formula is C4H11NO3. The van der Waals surface area contributed by atoms with Crippen molar-refractivity contribution >= 4 is 13.2 Å². The molecule has 0 amide bonds. The van der Waals surface area contributed by atoms with Crippen LogP contribution in [0, 0.1) is 5.40 Å². The number of hydrogen-bond donors (Lipinski definition) is 2. The fourth-order valence-electron chi connectivity index (χ4n) is 0.0333. The Hall–Kier alpha value is -0.900. The van der Waals surface area contributed by atoms with Crippen molar-refractivity contribution in [2.45, 2.75) is 7.43 Å². The molecule has 0 aliphatic rings. The summed E-state index contributed by atoms with van der Waals surface area (Å²) in [5, 5.41) is 10.5. The summed E-state index contributed by atoms with van der Waals surface area (Å²) in [6, 6.07) is 0. The molecule has 0 aliphatic heterocycles. The molecular weight excluding hydrogens is 110 g/mol. The lowest BCUT2D eigenvalue weighted by atomic mass is 11.4. The van der Waals surface area contributed by atoms with Crippen LogP contribution in [-0.2, 0) is 9.53 Å². The molecule has 0 atom stereocenters. The summed E-state index contributed by atoms with van der Waals surface area (Å²) in [6.07, 6.45) is 0.847. The van der Waals surface area contributed by atoms with E-state index in [9.17, 15) is 0 Å². The molecule has 0 bridgehead atoms. The lowest BCUT2D eigenvalue weighted by Gasteiger charge is -1.82. The minimum Gasteiger partial charge on any atom is -0.458 e. The van der Waals surface area contributed by atoms with E-state index in [1.165, 1.54) is 0 Å². The SMILES string of the molecule is C.C=O.[3H]N=COCO. The summed E-state index contributed by atoms with van der Waals surface area (Å²) in [5.74, 6) is 0. The molecule has 0 saturated carbocycles. The van der Waals surface area contributed by atoms with E-state index in [4.69, 9.17) is 11.3 Å². The van der Waals surface area contributed by atoms with Gasteiger partial charge in [-0.1, -0.05) is 7.43 Å². The fourth-order valence-corrected chi connectivity index (χ4v) is 0.0333. The Morgan fingerprint density at radius 3 is 2.62 bits per heavy atom. The van der Waals surface area contributed by atoms with E-state index in [1.54, 1.807) is 0 Å². The number of nitrogens with one attached hydrogen (secondary N) is 1. The third-order valence-corrected chi connectivity index (χ3v) is 0.149. The number of carbonyl (C=O) groups excluding carboxylic acids is 1. The van der Waals surface area contributed by atoms with E-state index >= 15 is 0 Å². The van der Waals surface area contributed by atoms with Crippen LogP contribution in [0.4, 0.5) is 0 Å². The van der Waals surface area contributed by atoms with E-state index in [-0.39, 0.29) is 7.43 Å². The summed E-state index contributed by atoms with van der Waals surface area (Å²) in [4.78, 5) is 8.00. The van der Waals surface area contributed by atoms with Crippen LogP contribution in [0.25, 0.3) is 0 Å². The van der Waals surface area contributed by atoms with Crippen molar-refractivity contribution in [1.82, 2.24) is 0 Å². The molecule has 0 aromatic carbocycles. The van der Waals surface area contributed by atoms with Gasteiger partial charge in [0.2, 0.25) is 0 Å². The minimum atomic E-state index is -0.414. The van der Waals surface area contributed by atoms with Gasteiger partial charge in [0.05, 0.1) is 0 Å². The number of aliphatic hydroxyl groups is 1. The molecule has 0 fully saturated rings. The zero-order chi connectivity index (χ0) is 6.83. The molecule has 0 unspecified atom stereocenters. The molecule has 0 rings (SSSR count). The molecule has 2 N–H and O–H groups in total. The van der Waals surface area contributed by atoms with Crippen LogP contribution in [0.3, 0.4) is 0 Å². The van der Waals surface area contributed by atoms with Gasteiger partial charge in [-0.25, -0.2) is 0 Å². The first kappa shape index (κ1) is 10.2. The highest BCUT2D eigenvalue weighted by molar-refractivity contribution is 5.40. The minimum absolute atomic E-state index is 0. The topological polar surface area (TPSA) is 70.4 Å². The largest absolute Gasteiger partial charge is 0.458 e. The van der Waals surface area contributed by atoms with E-state index in [0.717, 1.165) is 6.40 Å². The monoisotopic (exact) mass is 123 g/mol. The number of ether oxygens (including phenoxy) is 1. The summed E-state index contributed by atoms with van der Waals surface area (Å²) < 4.78 is 10.1. The molecule has 0 radical (unpaired) electrons. The summed E-state index contributed by atoms with van der Waals surface area (Å²) in [5.41, 5.74) is 0. The first-order chi connectivity index (χ1) is 3.91. The maximum absolute atomic E-state index is 8.00. The average molecular weight is 123 g/mol. The Bertz CT molecular complexity index is 59.8. The van der Waals surface area contributed by atoms with Gasteiger partial charge in [0.15, 0.2) is 14.6 Å². The lowest BCUT2D eigenvalue weighted by molar-refractivity contribution is -0.0979. The predicted molar refractivity (Wildman–Crippen MR) is 30.8 cm³/mol. The molecule has 8 heavy (non-hydrogen) atoms. The molecule has 0 saturated heterocycles. The van der Waals surface area contributed by atoms with Crippen molar-refractivity contribution in [2.24, 2.45) is 0 Å². The standard InChI is InChI=1S/C2H5NO2.CH2O.CH4/c3-1-5-2-4;1-2;/h1,3-4H,2H2;1H2;1H4/i/hT. The highest BCUT2D eigenvalue weighted by Crippen LogP contribution is 1.50. The molecule has 4 heteroatoms. The Morgan fingerprint density at radius 2 is 2.50 bits per heavy atom. The van der Waals surface area contributed by atoms with Crippen molar-refractivity contribution < 1.29 is 16.0 Å². The Labute approximate surface area is 50.1 Å². The third-order valence-electron chi connectivity index (χ3n) is 0.149. The number of hydrogen-bond acceptors (Lipinski definition) is 4. The molecule has 50 valence electrons. The van der Waals surface area contributed by atoms with E-state index in [2.05, 4.69) is 10.1 Å². The van der Waals surface area contributed by atoms with E-state index in [0.29, 0.717) is 0 Å². The van der Waals surface area contributed by atoms with Crippen LogP contribution in [0.2, 0.25) is 1.41 Å². The molecule has 0 heterocycles. The highest BCUT2D eigenvalue weighted by atomic mass is 16.6. The van der Waals surface area contributed by atoms with Crippen LogP contribution in [0.1, 0.15) is 7.43 Å². The van der Waals surface area contributed by atoms with Crippen LogP contribution in [0.15, 0.2) is 0 Å². The zero-order valence-corrected chi connectivity index (χ0v) is 3.70. The van der Waals surface area contributed by atoms with E-state index in [1.807, 2.05) is 6.79 Å². The maximum Gasteiger partial charge on any atom is 0.190 e. The summed E-state index contributed by atoms with van der Waals surface area (Å²) >= 11 is 0. The van der Waals surface area contributed by atoms with Gasteiger partial charge in [-0.2, -0.15) is 0 Å². The zero-order valence-electron chi connectivity index (χ0n) is 4.70. The Kier molecular flexibility index (Phi) is 45.7. The molecule has 4 nitrogen and oxygen atoms in total. The Morgan fingerprint density at radius 1 is 2.00 bits per heavy atom. The van der Waals surface area contributed by atoms with Crippen LogP contribution in [0.5, 0.6) is 0 Å². The average Bonchev–Trinajstić information content (AvgIpc) is 1.88. The maximum atomic E-state index is 8.00. The smallest absolute Gasteiger partial charge is 0.190 e. The molecule has 0 spiro atoms. The van der Waals surface area contributed by atoms with E-state index < -0.39 is 6.79 Å². The van der Waals surface area contributed by atoms with Crippen molar-refractivity contribution in [1.29, 1.82) is 5.40 Å². The highest BCUT2D eigenvalue weighted by Gasteiger charge is 1.58. The van der Waals surface area contributed by atoms with Gasteiger partial charge < -0.3 is 14.6 Å². The Balaban J connectivity index is -0.000000109. The normalized spacial score (nSPS) is 7.88. The first-order valence-corrected chi connectivity index (χ1v) is 1.39. The second-order valence-electron chi connectivity index (χ2n) is 0.401. The van der Waals surface area contributed by atoms with Crippen LogP contribution >= 0.6 is 0 Å². The van der Waals surface area contributed by atoms with Gasteiger partial charge in [-0.15, -0.1) is 0 Å². The van der Waals surface area contributed by atoms with Gasteiger partial charge in [-0.05, 0) is 0 Å². The van der Waals surface area contributed by atoms with Gasteiger partial charge in [0.25, 0.3) is 0 Å². The number of carbonyl (C=O) groups is 1. The van der Waals surface area contributed by atoms with Crippen molar-refractivity contribution in [2.75, 3.05) is 6.79 Å². The van der Waals surface area contributed by atoms with Crippen LogP contribution < -0.4 is 0 Å².